The molecular weight excluding hydrogens is 244 g/mol. The van der Waals surface area contributed by atoms with E-state index >= 15 is 0 Å². The van der Waals surface area contributed by atoms with Gasteiger partial charge in [-0.2, -0.15) is 5.10 Å². The number of methoxy groups -OCH3 is 1. The summed E-state index contributed by atoms with van der Waals surface area (Å²) in [5.41, 5.74) is 7.87. The van der Waals surface area contributed by atoms with Gasteiger partial charge in [0.15, 0.2) is 0 Å². The van der Waals surface area contributed by atoms with Crippen molar-refractivity contribution in [2.45, 2.75) is 13.2 Å². The van der Waals surface area contributed by atoms with Gasteiger partial charge in [-0.3, -0.25) is 9.89 Å². The topological polar surface area (TPSA) is 93.0 Å². The van der Waals surface area contributed by atoms with Gasteiger partial charge in [0.05, 0.1) is 6.61 Å². The average molecular weight is 260 g/mol. The number of aromatic nitrogens is 2. The Labute approximate surface area is 111 Å². The van der Waals surface area contributed by atoms with Crippen LogP contribution in [0.15, 0.2) is 30.3 Å². The molecular formula is C13H16N4O2. The smallest absolute Gasteiger partial charge is 0.269 e. The van der Waals surface area contributed by atoms with Crippen molar-refractivity contribution < 1.29 is 9.53 Å². The van der Waals surface area contributed by atoms with Gasteiger partial charge in [0.2, 0.25) is 0 Å². The summed E-state index contributed by atoms with van der Waals surface area (Å²) in [6.07, 6.45) is 0. The van der Waals surface area contributed by atoms with Crippen molar-refractivity contribution in [1.29, 1.82) is 0 Å². The lowest BCUT2D eigenvalue weighted by Gasteiger charge is -2.09. The van der Waals surface area contributed by atoms with Gasteiger partial charge in [-0.15, -0.1) is 0 Å². The number of nitrogens with two attached hydrogens (primary N) is 1. The van der Waals surface area contributed by atoms with Gasteiger partial charge >= 0.3 is 0 Å². The number of amides is 1. The summed E-state index contributed by atoms with van der Waals surface area (Å²) in [6, 6.07) is 9.29. The van der Waals surface area contributed by atoms with Gasteiger partial charge in [-0.25, -0.2) is 0 Å². The summed E-state index contributed by atoms with van der Waals surface area (Å²) in [5.74, 6) is 0.0568. The monoisotopic (exact) mass is 260 g/mol. The number of nitrogens with zero attached hydrogens (tertiary/aromatic N) is 1. The number of aromatic amines is 1. The van der Waals surface area contributed by atoms with Crippen LogP contribution in [-0.2, 0) is 17.9 Å². The van der Waals surface area contributed by atoms with Crippen LogP contribution in [0.5, 0.6) is 0 Å². The van der Waals surface area contributed by atoms with E-state index in [-0.39, 0.29) is 5.91 Å². The fourth-order valence-corrected chi connectivity index (χ4v) is 1.75. The number of rotatable bonds is 5. The quantitative estimate of drug-likeness (QED) is 0.749. The number of anilines is 1. The molecule has 0 saturated heterocycles. The van der Waals surface area contributed by atoms with Gasteiger partial charge in [-0.05, 0) is 11.1 Å². The first kappa shape index (κ1) is 13.1. The Morgan fingerprint density at radius 3 is 2.79 bits per heavy atom. The van der Waals surface area contributed by atoms with Crippen molar-refractivity contribution in [1.82, 2.24) is 15.5 Å². The fraction of sp³-hybridized carbons (Fsp3) is 0.231. The number of carbonyl (C=O) groups excluding carboxylic acids is 1. The van der Waals surface area contributed by atoms with Crippen LogP contribution in [0.1, 0.15) is 21.6 Å². The maximum absolute atomic E-state index is 11.8. The summed E-state index contributed by atoms with van der Waals surface area (Å²) in [4.78, 5) is 11.8. The second-order valence-electron chi connectivity index (χ2n) is 4.09. The minimum atomic E-state index is -0.239. The molecule has 6 nitrogen and oxygen atoms in total. The van der Waals surface area contributed by atoms with Gasteiger partial charge < -0.3 is 15.8 Å². The molecule has 0 spiro atoms. The zero-order valence-electron chi connectivity index (χ0n) is 10.6. The minimum absolute atomic E-state index is 0.239. The largest absolute Gasteiger partial charge is 0.382 e. The second kappa shape index (κ2) is 6.01. The van der Waals surface area contributed by atoms with Gasteiger partial charge in [-0.1, -0.05) is 24.3 Å². The molecule has 0 radical (unpaired) electrons. The maximum Gasteiger partial charge on any atom is 0.269 e. The average Bonchev–Trinajstić information content (AvgIpc) is 2.84. The number of H-pyrrole nitrogens is 1. The van der Waals surface area contributed by atoms with E-state index in [1.807, 2.05) is 24.3 Å². The molecule has 0 bridgehead atoms. The summed E-state index contributed by atoms with van der Waals surface area (Å²) < 4.78 is 5.12. The molecule has 0 fully saturated rings. The lowest BCUT2D eigenvalue weighted by molar-refractivity contribution is 0.0945. The van der Waals surface area contributed by atoms with Crippen molar-refractivity contribution in [2.75, 3.05) is 12.8 Å². The molecule has 0 saturated carbocycles. The normalized spacial score (nSPS) is 10.4. The molecule has 0 aliphatic rings. The number of hydrogen-bond acceptors (Lipinski definition) is 4. The first-order valence-corrected chi connectivity index (χ1v) is 5.85. The van der Waals surface area contributed by atoms with Crippen LogP contribution in [0.4, 0.5) is 5.82 Å². The predicted octanol–water partition coefficient (Wildman–Crippen LogP) is 1.07. The zero-order chi connectivity index (χ0) is 13.7. The van der Waals surface area contributed by atoms with E-state index in [9.17, 15) is 4.79 Å². The van der Waals surface area contributed by atoms with E-state index < -0.39 is 0 Å². The van der Waals surface area contributed by atoms with E-state index in [0.717, 1.165) is 11.1 Å². The highest BCUT2D eigenvalue weighted by Crippen LogP contribution is 2.10. The number of nitrogen functional groups attached to an aromatic ring is 1. The van der Waals surface area contributed by atoms with Crippen molar-refractivity contribution in [2.24, 2.45) is 0 Å². The number of carbonyl (C=O) groups is 1. The van der Waals surface area contributed by atoms with Gasteiger partial charge in [0.25, 0.3) is 5.91 Å². The van der Waals surface area contributed by atoms with Crippen LogP contribution in [-0.4, -0.2) is 23.2 Å². The first-order valence-electron chi connectivity index (χ1n) is 5.85. The Balaban J connectivity index is 2.00. The third-order valence-electron chi connectivity index (χ3n) is 2.70. The van der Waals surface area contributed by atoms with Crippen molar-refractivity contribution in [3.63, 3.8) is 0 Å². The standard InChI is InChI=1S/C13H16N4O2/c1-19-8-10-5-3-2-4-9(10)7-15-13(18)11-6-12(14)17-16-11/h2-6H,7-8H2,1H3,(H,15,18)(H3,14,16,17). The fourth-order valence-electron chi connectivity index (χ4n) is 1.75. The molecule has 4 N–H and O–H groups in total. The number of ether oxygens (including phenoxy) is 1. The molecule has 1 aromatic carbocycles. The van der Waals surface area contributed by atoms with Gasteiger partial charge in [0, 0.05) is 19.7 Å². The molecule has 0 unspecified atom stereocenters. The Morgan fingerprint density at radius 1 is 1.42 bits per heavy atom. The first-order chi connectivity index (χ1) is 9.20. The lowest BCUT2D eigenvalue weighted by Crippen LogP contribution is -2.23. The van der Waals surface area contributed by atoms with E-state index in [0.29, 0.717) is 24.7 Å². The third-order valence-corrected chi connectivity index (χ3v) is 2.70. The van der Waals surface area contributed by atoms with Crippen LogP contribution >= 0.6 is 0 Å². The molecule has 100 valence electrons. The molecule has 2 rings (SSSR count). The highest BCUT2D eigenvalue weighted by Gasteiger charge is 2.09. The molecule has 1 heterocycles. The molecule has 1 amide bonds. The van der Waals surface area contributed by atoms with E-state index in [2.05, 4.69) is 15.5 Å². The Kier molecular flexibility index (Phi) is 4.15. The van der Waals surface area contributed by atoms with Crippen molar-refractivity contribution in [3.8, 4) is 0 Å². The van der Waals surface area contributed by atoms with Crippen LogP contribution in [0.25, 0.3) is 0 Å². The summed E-state index contributed by atoms with van der Waals surface area (Å²) in [5, 5.41) is 9.09. The van der Waals surface area contributed by atoms with Crippen molar-refractivity contribution in [3.05, 3.63) is 47.2 Å². The maximum atomic E-state index is 11.8. The number of benzene rings is 1. The molecule has 19 heavy (non-hydrogen) atoms. The predicted molar refractivity (Wildman–Crippen MR) is 71.3 cm³/mol. The summed E-state index contributed by atoms with van der Waals surface area (Å²) in [7, 11) is 1.64. The number of hydrogen-bond donors (Lipinski definition) is 3. The van der Waals surface area contributed by atoms with E-state index in [4.69, 9.17) is 10.5 Å². The highest BCUT2D eigenvalue weighted by molar-refractivity contribution is 5.92. The number of nitrogens with one attached hydrogen (secondary N) is 2. The van der Waals surface area contributed by atoms with E-state index in [1.54, 1.807) is 7.11 Å². The highest BCUT2D eigenvalue weighted by atomic mass is 16.5. The molecule has 0 aliphatic heterocycles. The van der Waals surface area contributed by atoms with Crippen LogP contribution in [0.2, 0.25) is 0 Å². The Morgan fingerprint density at radius 2 is 2.16 bits per heavy atom. The second-order valence-corrected chi connectivity index (χ2v) is 4.09. The molecule has 2 aromatic rings. The minimum Gasteiger partial charge on any atom is -0.382 e. The molecule has 6 heteroatoms. The SMILES string of the molecule is COCc1ccccc1CNC(=O)c1cc(N)n[nH]1. The Hall–Kier alpha value is -2.34. The van der Waals surface area contributed by atoms with Crippen molar-refractivity contribution >= 4 is 11.7 Å². The van der Waals surface area contributed by atoms with Gasteiger partial charge in [0.1, 0.15) is 11.5 Å². The summed E-state index contributed by atoms with van der Waals surface area (Å²) in [6.45, 7) is 0.945. The van der Waals surface area contributed by atoms with Crippen LogP contribution in [0.3, 0.4) is 0 Å². The molecule has 0 aliphatic carbocycles. The van der Waals surface area contributed by atoms with Crippen LogP contribution < -0.4 is 11.1 Å². The van der Waals surface area contributed by atoms with Crippen LogP contribution in [0, 0.1) is 0 Å². The Bertz CT molecular complexity index is 565. The van der Waals surface area contributed by atoms with E-state index in [1.165, 1.54) is 6.07 Å². The molecule has 1 aromatic heterocycles. The third kappa shape index (κ3) is 3.32. The zero-order valence-corrected chi connectivity index (χ0v) is 10.6. The molecule has 0 atom stereocenters. The summed E-state index contributed by atoms with van der Waals surface area (Å²) >= 11 is 0. The lowest BCUT2D eigenvalue weighted by atomic mass is 10.1.